The van der Waals surface area contributed by atoms with Gasteiger partial charge in [-0.15, -0.1) is 0 Å². The Morgan fingerprint density at radius 3 is 2.28 bits per heavy atom. The number of halogens is 1. The number of amides is 2. The van der Waals surface area contributed by atoms with E-state index in [-0.39, 0.29) is 18.9 Å². The summed E-state index contributed by atoms with van der Waals surface area (Å²) in [5.41, 5.74) is 2.23. The van der Waals surface area contributed by atoms with Crippen LogP contribution >= 0.6 is 15.9 Å². The summed E-state index contributed by atoms with van der Waals surface area (Å²) >= 11 is 3.41. The molecule has 186 valence electrons. The predicted octanol–water partition coefficient (Wildman–Crippen LogP) is 5.09. The quantitative estimate of drug-likeness (QED) is 0.391. The van der Waals surface area contributed by atoms with Gasteiger partial charge in [-0.1, -0.05) is 15.9 Å². The molecule has 0 saturated carbocycles. The van der Waals surface area contributed by atoms with E-state index in [0.717, 1.165) is 15.8 Å². The van der Waals surface area contributed by atoms with Crippen molar-refractivity contribution >= 4 is 45.1 Å². The molecule has 0 bridgehead atoms. The molecular weight excluding hydrogens is 528 g/mol. The highest BCUT2D eigenvalue weighted by Gasteiger charge is 2.36. The summed E-state index contributed by atoms with van der Waals surface area (Å²) in [4.78, 5) is 38.8. The molecule has 0 aliphatic carbocycles. The molecule has 0 unspecified atom stereocenters. The summed E-state index contributed by atoms with van der Waals surface area (Å²) in [5.74, 6) is 0.150. The molecule has 8 nitrogen and oxygen atoms in total. The molecule has 3 aromatic carbocycles. The number of nitrogens with zero attached hydrogens (tertiary/aromatic N) is 1. The Balaban J connectivity index is 1.28. The van der Waals surface area contributed by atoms with Crippen LogP contribution in [0.25, 0.3) is 0 Å². The van der Waals surface area contributed by atoms with E-state index in [4.69, 9.17) is 14.2 Å². The van der Waals surface area contributed by atoms with Crippen molar-refractivity contribution in [2.24, 2.45) is 5.92 Å². The van der Waals surface area contributed by atoms with Gasteiger partial charge >= 0.3 is 5.97 Å². The first-order valence-corrected chi connectivity index (χ1v) is 12.1. The van der Waals surface area contributed by atoms with Crippen molar-refractivity contribution < 1.29 is 28.6 Å². The fraction of sp³-hybridized carbons (Fsp3) is 0.222. The highest BCUT2D eigenvalue weighted by Crippen LogP contribution is 2.30. The highest BCUT2D eigenvalue weighted by molar-refractivity contribution is 9.10. The minimum absolute atomic E-state index is 0.0243. The molecule has 0 spiro atoms. The third-order valence-corrected chi connectivity index (χ3v) is 6.58. The number of benzene rings is 3. The van der Waals surface area contributed by atoms with Crippen molar-refractivity contribution in [2.75, 3.05) is 30.5 Å². The number of ether oxygens (including phenoxy) is 3. The lowest BCUT2D eigenvalue weighted by atomic mass is 10.1. The lowest BCUT2D eigenvalue weighted by molar-refractivity contribution is -0.151. The number of carbonyl (C=O) groups excluding carboxylic acids is 3. The van der Waals surface area contributed by atoms with Crippen molar-refractivity contribution in [3.63, 3.8) is 0 Å². The summed E-state index contributed by atoms with van der Waals surface area (Å²) < 4.78 is 17.1. The zero-order chi connectivity index (χ0) is 25.7. The van der Waals surface area contributed by atoms with E-state index in [1.165, 1.54) is 4.90 Å². The zero-order valence-electron chi connectivity index (χ0n) is 19.8. The van der Waals surface area contributed by atoms with Crippen LogP contribution in [0.5, 0.6) is 17.2 Å². The lowest BCUT2D eigenvalue weighted by Crippen LogP contribution is -2.28. The molecule has 36 heavy (non-hydrogen) atoms. The number of rotatable bonds is 8. The lowest BCUT2D eigenvalue weighted by Gasteiger charge is -2.17. The number of aryl methyl sites for hydroxylation is 1. The van der Waals surface area contributed by atoms with E-state index in [1.807, 2.05) is 19.1 Å². The standard InChI is InChI=1S/C27H25BrN2O6/c1-17-13-19(3-12-24(17)28)29-25(31)16-35-27(33)18-14-26(32)30(15-18)20-4-6-22(7-5-20)36-23-10-8-21(34-2)9-11-23/h3-13,18H,14-16H2,1-2H3,(H,29,31)/t18-/m1/s1. The van der Waals surface area contributed by atoms with Crippen LogP contribution in [-0.4, -0.2) is 38.0 Å². The average molecular weight is 553 g/mol. The Labute approximate surface area is 217 Å². The Hall–Kier alpha value is -3.85. The molecule has 1 N–H and O–H groups in total. The fourth-order valence-electron chi connectivity index (χ4n) is 3.76. The molecule has 1 atom stereocenters. The number of hydrogen-bond donors (Lipinski definition) is 1. The predicted molar refractivity (Wildman–Crippen MR) is 138 cm³/mol. The molecular formula is C27H25BrN2O6. The maximum absolute atomic E-state index is 12.6. The second-order valence-corrected chi connectivity index (χ2v) is 9.15. The molecule has 9 heteroatoms. The number of anilines is 2. The molecule has 1 aliphatic heterocycles. The smallest absolute Gasteiger partial charge is 0.311 e. The monoisotopic (exact) mass is 552 g/mol. The number of esters is 1. The zero-order valence-corrected chi connectivity index (χ0v) is 21.4. The van der Waals surface area contributed by atoms with Crippen LogP contribution in [0.2, 0.25) is 0 Å². The van der Waals surface area contributed by atoms with Crippen LogP contribution < -0.4 is 19.7 Å². The summed E-state index contributed by atoms with van der Waals surface area (Å²) in [6.07, 6.45) is 0.0243. The first kappa shape index (κ1) is 25.2. The first-order chi connectivity index (χ1) is 17.3. The van der Waals surface area contributed by atoms with E-state index < -0.39 is 24.4 Å². The Morgan fingerprint density at radius 1 is 1.00 bits per heavy atom. The largest absolute Gasteiger partial charge is 0.497 e. The van der Waals surface area contributed by atoms with Crippen molar-refractivity contribution in [1.82, 2.24) is 0 Å². The SMILES string of the molecule is COc1ccc(Oc2ccc(N3C[C@H](C(=O)OCC(=O)Nc4ccc(Br)c(C)c4)CC3=O)cc2)cc1. The van der Waals surface area contributed by atoms with Gasteiger partial charge in [0.15, 0.2) is 6.61 Å². The summed E-state index contributed by atoms with van der Waals surface area (Å²) in [7, 11) is 1.60. The molecule has 2 amide bonds. The minimum Gasteiger partial charge on any atom is -0.497 e. The molecule has 1 saturated heterocycles. The second-order valence-electron chi connectivity index (χ2n) is 8.30. The molecule has 3 aromatic rings. The number of carbonyl (C=O) groups is 3. The van der Waals surface area contributed by atoms with Gasteiger partial charge in [-0.05, 0) is 79.2 Å². The van der Waals surface area contributed by atoms with Gasteiger partial charge < -0.3 is 24.4 Å². The maximum Gasteiger partial charge on any atom is 0.311 e. The average Bonchev–Trinajstić information content (AvgIpc) is 3.27. The number of hydrogen-bond acceptors (Lipinski definition) is 6. The fourth-order valence-corrected chi connectivity index (χ4v) is 4.01. The van der Waals surface area contributed by atoms with Gasteiger partial charge in [-0.3, -0.25) is 14.4 Å². The summed E-state index contributed by atoms with van der Waals surface area (Å²) in [6, 6.07) is 19.6. The topological polar surface area (TPSA) is 94.2 Å². The van der Waals surface area contributed by atoms with Crippen molar-refractivity contribution in [3.8, 4) is 17.2 Å². The van der Waals surface area contributed by atoms with Gasteiger partial charge in [-0.2, -0.15) is 0 Å². The molecule has 0 radical (unpaired) electrons. The van der Waals surface area contributed by atoms with E-state index in [1.54, 1.807) is 61.7 Å². The van der Waals surface area contributed by atoms with Gasteiger partial charge in [0.1, 0.15) is 17.2 Å². The van der Waals surface area contributed by atoms with Crippen LogP contribution in [0.15, 0.2) is 71.2 Å². The van der Waals surface area contributed by atoms with Crippen LogP contribution in [0, 0.1) is 12.8 Å². The van der Waals surface area contributed by atoms with Crippen molar-refractivity contribution in [1.29, 1.82) is 0 Å². The highest BCUT2D eigenvalue weighted by atomic mass is 79.9. The Bertz CT molecular complexity index is 1260. The van der Waals surface area contributed by atoms with Crippen LogP contribution in [0.4, 0.5) is 11.4 Å². The van der Waals surface area contributed by atoms with Gasteiger partial charge in [0, 0.05) is 28.8 Å². The Morgan fingerprint density at radius 2 is 1.64 bits per heavy atom. The van der Waals surface area contributed by atoms with Crippen molar-refractivity contribution in [3.05, 3.63) is 76.8 Å². The van der Waals surface area contributed by atoms with Crippen LogP contribution in [-0.2, 0) is 19.1 Å². The second kappa shape index (κ2) is 11.3. The van der Waals surface area contributed by atoms with E-state index in [0.29, 0.717) is 22.9 Å². The van der Waals surface area contributed by atoms with E-state index in [2.05, 4.69) is 21.2 Å². The van der Waals surface area contributed by atoms with Gasteiger partial charge in [0.2, 0.25) is 5.91 Å². The van der Waals surface area contributed by atoms with E-state index in [9.17, 15) is 14.4 Å². The van der Waals surface area contributed by atoms with Crippen LogP contribution in [0.1, 0.15) is 12.0 Å². The minimum atomic E-state index is -0.643. The third kappa shape index (κ3) is 6.23. The van der Waals surface area contributed by atoms with Gasteiger partial charge in [0.05, 0.1) is 13.0 Å². The Kier molecular flexibility index (Phi) is 7.90. The molecule has 0 aromatic heterocycles. The maximum atomic E-state index is 12.6. The molecule has 1 aliphatic rings. The van der Waals surface area contributed by atoms with Crippen molar-refractivity contribution in [2.45, 2.75) is 13.3 Å². The van der Waals surface area contributed by atoms with E-state index >= 15 is 0 Å². The normalized spacial score (nSPS) is 14.9. The molecule has 1 heterocycles. The summed E-state index contributed by atoms with van der Waals surface area (Å²) in [5, 5.41) is 2.70. The molecule has 4 rings (SSSR count). The van der Waals surface area contributed by atoms with Crippen LogP contribution in [0.3, 0.4) is 0 Å². The first-order valence-electron chi connectivity index (χ1n) is 11.3. The number of methoxy groups -OCH3 is 1. The number of nitrogens with one attached hydrogen (secondary N) is 1. The third-order valence-electron chi connectivity index (χ3n) is 5.69. The van der Waals surface area contributed by atoms with Gasteiger partial charge in [0.25, 0.3) is 5.91 Å². The van der Waals surface area contributed by atoms with Gasteiger partial charge in [-0.25, -0.2) is 0 Å². The summed E-state index contributed by atoms with van der Waals surface area (Å²) in [6.45, 7) is 1.67. The molecule has 1 fully saturated rings.